The summed E-state index contributed by atoms with van der Waals surface area (Å²) in [7, 11) is 1.71. The summed E-state index contributed by atoms with van der Waals surface area (Å²) >= 11 is -1.37. The molecule has 7 heteroatoms. The second-order valence-electron chi connectivity index (χ2n) is 6.48. The first-order chi connectivity index (χ1) is 10.6. The third-order valence-electron chi connectivity index (χ3n) is 3.41. The topological polar surface area (TPSA) is 52.9 Å². The van der Waals surface area contributed by atoms with Crippen molar-refractivity contribution in [3.63, 3.8) is 0 Å². The molecule has 0 aliphatic heterocycles. The highest BCUT2D eigenvalue weighted by Crippen LogP contribution is 2.29. The predicted molar refractivity (Wildman–Crippen MR) is 88.0 cm³/mol. The molecule has 1 unspecified atom stereocenters. The Morgan fingerprint density at radius 1 is 1.26 bits per heavy atom. The maximum Gasteiger partial charge on any atom is 0.136 e. The summed E-state index contributed by atoms with van der Waals surface area (Å²) in [5.74, 6) is -1.08. The molecule has 1 aromatic heterocycles. The first-order valence-electron chi connectivity index (χ1n) is 7.25. The van der Waals surface area contributed by atoms with Gasteiger partial charge < -0.3 is 4.55 Å². The zero-order valence-corrected chi connectivity index (χ0v) is 14.7. The normalized spacial score (nSPS) is 14.8. The first kappa shape index (κ1) is 17.9. The molecule has 0 saturated carbocycles. The van der Waals surface area contributed by atoms with Crippen LogP contribution in [0.2, 0.25) is 0 Å². The van der Waals surface area contributed by atoms with Crippen molar-refractivity contribution in [2.45, 2.75) is 38.5 Å². The van der Waals surface area contributed by atoms with Crippen molar-refractivity contribution >= 4 is 11.4 Å². The lowest BCUT2D eigenvalue weighted by molar-refractivity contribution is 0.519. The van der Waals surface area contributed by atoms with Gasteiger partial charge in [-0.1, -0.05) is 0 Å². The van der Waals surface area contributed by atoms with Crippen LogP contribution in [0, 0.1) is 11.6 Å². The fourth-order valence-electron chi connectivity index (χ4n) is 2.08. The summed E-state index contributed by atoms with van der Waals surface area (Å²) in [6.45, 7) is 7.09. The van der Waals surface area contributed by atoms with Crippen molar-refractivity contribution in [1.82, 2.24) is 14.5 Å². The minimum absolute atomic E-state index is 0.146. The summed E-state index contributed by atoms with van der Waals surface area (Å²) in [4.78, 5) is 0. The third kappa shape index (κ3) is 4.10. The van der Waals surface area contributed by atoms with Gasteiger partial charge in [0.1, 0.15) is 16.4 Å². The van der Waals surface area contributed by atoms with Gasteiger partial charge in [0.05, 0.1) is 12.2 Å². The molecule has 1 heterocycles. The average Bonchev–Trinajstić information content (AvgIpc) is 2.86. The van der Waals surface area contributed by atoms with E-state index in [9.17, 15) is 13.3 Å². The Balaban J connectivity index is 2.29. The molecule has 23 heavy (non-hydrogen) atoms. The first-order valence-corrected chi connectivity index (χ1v) is 8.40. The van der Waals surface area contributed by atoms with Crippen molar-refractivity contribution in [1.29, 1.82) is 0 Å². The van der Waals surface area contributed by atoms with E-state index in [2.05, 4.69) is 9.82 Å². The van der Waals surface area contributed by atoms with E-state index in [0.29, 0.717) is 5.56 Å². The van der Waals surface area contributed by atoms with Gasteiger partial charge in [-0.3, -0.25) is 4.68 Å². The Labute approximate surface area is 138 Å². The van der Waals surface area contributed by atoms with Crippen molar-refractivity contribution in [2.24, 2.45) is 7.05 Å². The Hall–Kier alpha value is -1.44. The van der Waals surface area contributed by atoms with E-state index in [0.717, 1.165) is 12.1 Å². The Morgan fingerprint density at radius 2 is 1.91 bits per heavy atom. The van der Waals surface area contributed by atoms with E-state index in [1.165, 1.54) is 10.9 Å². The molecule has 1 aromatic carbocycles. The molecule has 0 aliphatic carbocycles. The number of nitrogens with zero attached hydrogens (tertiary/aromatic N) is 2. The molecule has 0 amide bonds. The van der Waals surface area contributed by atoms with Gasteiger partial charge >= 0.3 is 0 Å². The lowest BCUT2D eigenvalue weighted by Crippen LogP contribution is -2.40. The standard InChI is InChI=1S/C16H21F2N3OS/c1-10(20-23(22)16(2,3)4)12-6-15(18)13(7-14(12)17)11-8-19-21(5)9-11/h6-10,20H,1-5H3/t10-,23?/m0/s1. The van der Waals surface area contributed by atoms with Gasteiger partial charge in [-0.15, -0.1) is 4.72 Å². The van der Waals surface area contributed by atoms with Crippen LogP contribution in [0.25, 0.3) is 11.1 Å². The van der Waals surface area contributed by atoms with Crippen LogP contribution in [-0.2, 0) is 18.4 Å². The largest absolute Gasteiger partial charge is 0.598 e. The van der Waals surface area contributed by atoms with E-state index >= 15 is 0 Å². The van der Waals surface area contributed by atoms with Gasteiger partial charge in [0.2, 0.25) is 0 Å². The van der Waals surface area contributed by atoms with Crippen LogP contribution < -0.4 is 4.72 Å². The number of benzene rings is 1. The highest BCUT2D eigenvalue weighted by molar-refractivity contribution is 7.90. The lowest BCUT2D eigenvalue weighted by Gasteiger charge is -2.26. The molecule has 1 N–H and O–H groups in total. The summed E-state index contributed by atoms with van der Waals surface area (Å²) in [5, 5.41) is 3.96. The summed E-state index contributed by atoms with van der Waals surface area (Å²) in [6.07, 6.45) is 3.10. The molecule has 2 atom stereocenters. The molecule has 126 valence electrons. The van der Waals surface area contributed by atoms with Crippen LogP contribution in [0.4, 0.5) is 8.78 Å². The van der Waals surface area contributed by atoms with Gasteiger partial charge in [0.25, 0.3) is 0 Å². The monoisotopic (exact) mass is 341 g/mol. The van der Waals surface area contributed by atoms with Gasteiger partial charge in [-0.05, 0) is 39.8 Å². The average molecular weight is 341 g/mol. The van der Waals surface area contributed by atoms with Gasteiger partial charge in [0, 0.05) is 41.3 Å². The minimum atomic E-state index is -1.37. The van der Waals surface area contributed by atoms with Crippen LogP contribution >= 0.6 is 0 Å². The van der Waals surface area contributed by atoms with E-state index in [1.54, 1.807) is 20.2 Å². The smallest absolute Gasteiger partial charge is 0.136 e. The van der Waals surface area contributed by atoms with Crippen LogP contribution in [0.15, 0.2) is 24.5 Å². The summed E-state index contributed by atoms with van der Waals surface area (Å²) in [6, 6.07) is 1.72. The molecular weight excluding hydrogens is 320 g/mol. The number of nitrogens with one attached hydrogen (secondary N) is 1. The maximum absolute atomic E-state index is 14.4. The van der Waals surface area contributed by atoms with Crippen LogP contribution in [-0.4, -0.2) is 19.1 Å². The Morgan fingerprint density at radius 3 is 2.43 bits per heavy atom. The number of hydrogen-bond donors (Lipinski definition) is 1. The van der Waals surface area contributed by atoms with Gasteiger partial charge in [0.15, 0.2) is 0 Å². The lowest BCUT2D eigenvalue weighted by atomic mass is 10.0. The number of rotatable bonds is 4. The molecule has 2 rings (SSSR count). The van der Waals surface area contributed by atoms with Crippen LogP contribution in [0.3, 0.4) is 0 Å². The molecule has 0 radical (unpaired) electrons. The van der Waals surface area contributed by atoms with Crippen LogP contribution in [0.1, 0.15) is 39.3 Å². The zero-order valence-electron chi connectivity index (χ0n) is 13.9. The quantitative estimate of drug-likeness (QED) is 0.866. The highest BCUT2D eigenvalue weighted by Gasteiger charge is 2.29. The number of aryl methyl sites for hydroxylation is 1. The van der Waals surface area contributed by atoms with E-state index < -0.39 is 33.8 Å². The van der Waals surface area contributed by atoms with E-state index in [-0.39, 0.29) is 11.1 Å². The Kier molecular flexibility index (Phi) is 5.13. The zero-order chi connectivity index (χ0) is 17.4. The van der Waals surface area contributed by atoms with Crippen molar-refractivity contribution in [3.05, 3.63) is 41.7 Å². The number of hydrogen-bond acceptors (Lipinski definition) is 3. The summed E-state index contributed by atoms with van der Waals surface area (Å²) < 4.78 is 44.7. The fraction of sp³-hybridized carbons (Fsp3) is 0.438. The van der Waals surface area contributed by atoms with E-state index in [1.807, 2.05) is 20.8 Å². The molecular formula is C16H21F2N3OS. The molecule has 0 bridgehead atoms. The summed E-state index contributed by atoms with van der Waals surface area (Å²) in [5.41, 5.74) is 0.811. The second-order valence-corrected chi connectivity index (χ2v) is 8.47. The molecule has 0 fully saturated rings. The van der Waals surface area contributed by atoms with Gasteiger partial charge in [-0.25, -0.2) is 8.78 Å². The van der Waals surface area contributed by atoms with Gasteiger partial charge in [-0.2, -0.15) is 5.10 Å². The SMILES string of the molecule is C[C@H](N[S+]([O-])C(C)(C)C)c1cc(F)c(-c2cnn(C)c2)cc1F. The maximum atomic E-state index is 14.4. The second kappa shape index (κ2) is 6.59. The fourth-order valence-corrected chi connectivity index (χ4v) is 2.88. The third-order valence-corrected chi connectivity index (χ3v) is 5.09. The molecule has 2 aromatic rings. The predicted octanol–water partition coefficient (Wildman–Crippen LogP) is 3.48. The van der Waals surface area contributed by atoms with E-state index in [4.69, 9.17) is 0 Å². The number of aromatic nitrogens is 2. The Bertz CT molecular complexity index is 697. The molecule has 0 spiro atoms. The molecule has 0 aliphatic rings. The van der Waals surface area contributed by atoms with Crippen LogP contribution in [0.5, 0.6) is 0 Å². The molecule has 4 nitrogen and oxygen atoms in total. The highest BCUT2D eigenvalue weighted by atomic mass is 32.2. The van der Waals surface area contributed by atoms with Crippen molar-refractivity contribution in [3.8, 4) is 11.1 Å². The minimum Gasteiger partial charge on any atom is -0.598 e. The molecule has 0 saturated heterocycles. The van der Waals surface area contributed by atoms with Crippen molar-refractivity contribution in [2.75, 3.05) is 0 Å². The van der Waals surface area contributed by atoms with Crippen molar-refractivity contribution < 1.29 is 13.3 Å². The number of halogens is 2.